The molecule has 3 N–H and O–H groups in total. The molecular formula is C12H10N5OS. The van der Waals surface area contributed by atoms with Crippen LogP contribution in [0.5, 0.6) is 5.75 Å². The number of hydrogen-bond donors (Lipinski definition) is 2. The van der Waals surface area contributed by atoms with Gasteiger partial charge < -0.3 is 15.5 Å². The summed E-state index contributed by atoms with van der Waals surface area (Å²) in [6.45, 7) is 0. The predicted octanol–water partition coefficient (Wildman–Crippen LogP) is 1.90. The van der Waals surface area contributed by atoms with Crippen LogP contribution in [-0.2, 0) is 0 Å². The Balaban J connectivity index is 1.97. The van der Waals surface area contributed by atoms with Crippen LogP contribution < -0.4 is 10.5 Å². The molecule has 95 valence electrons. The van der Waals surface area contributed by atoms with Gasteiger partial charge in [-0.15, -0.1) is 0 Å². The normalized spacial score (nSPS) is 10.8. The van der Waals surface area contributed by atoms with Gasteiger partial charge in [0, 0.05) is 4.90 Å². The highest BCUT2D eigenvalue weighted by atomic mass is 32.2. The molecule has 0 aliphatic heterocycles. The van der Waals surface area contributed by atoms with Gasteiger partial charge in [0.15, 0.2) is 12.0 Å². The first-order valence-corrected chi connectivity index (χ1v) is 6.29. The summed E-state index contributed by atoms with van der Waals surface area (Å²) in [6, 6.07) is 7.68. The van der Waals surface area contributed by atoms with Crippen LogP contribution in [0.2, 0.25) is 0 Å². The second-order valence-corrected chi connectivity index (χ2v) is 4.77. The Morgan fingerprint density at radius 3 is 2.79 bits per heavy atom. The standard InChI is InChI=1S/C12H10N5OS/c1-18-7-2-4-8(5-3-7)19-11-9-10(15-6-14-9)16-12(13)17-11/h2-5H,1H3,(H3,13,14,15,16,17). The minimum Gasteiger partial charge on any atom is -0.497 e. The number of aromatic amines is 1. The number of benzene rings is 1. The van der Waals surface area contributed by atoms with Crippen LogP contribution in [0.4, 0.5) is 5.95 Å². The van der Waals surface area contributed by atoms with Crippen LogP contribution in [0.15, 0.2) is 34.2 Å². The summed E-state index contributed by atoms with van der Waals surface area (Å²) >= 11 is 1.47. The number of rotatable bonds is 3. The van der Waals surface area contributed by atoms with Crippen LogP contribution in [-0.4, -0.2) is 27.0 Å². The topological polar surface area (TPSA) is 89.7 Å². The number of nitrogen functional groups attached to an aromatic ring is 1. The molecule has 3 rings (SSSR count). The first-order valence-electron chi connectivity index (χ1n) is 5.47. The molecule has 0 fully saturated rings. The van der Waals surface area contributed by atoms with Crippen LogP contribution >= 0.6 is 11.8 Å². The van der Waals surface area contributed by atoms with E-state index in [2.05, 4.69) is 26.3 Å². The second kappa shape index (κ2) is 4.77. The Morgan fingerprint density at radius 2 is 2.05 bits per heavy atom. The lowest BCUT2D eigenvalue weighted by atomic mass is 10.3. The molecule has 0 spiro atoms. The maximum Gasteiger partial charge on any atom is 0.223 e. The Labute approximate surface area is 113 Å². The van der Waals surface area contributed by atoms with Crippen molar-refractivity contribution >= 4 is 28.9 Å². The molecule has 6 nitrogen and oxygen atoms in total. The van der Waals surface area contributed by atoms with Gasteiger partial charge >= 0.3 is 0 Å². The number of aromatic nitrogens is 4. The van der Waals surface area contributed by atoms with E-state index in [1.54, 1.807) is 7.11 Å². The molecule has 0 aliphatic carbocycles. The lowest BCUT2D eigenvalue weighted by molar-refractivity contribution is 0.414. The van der Waals surface area contributed by atoms with E-state index in [0.29, 0.717) is 16.2 Å². The van der Waals surface area contributed by atoms with Crippen LogP contribution in [0.3, 0.4) is 0 Å². The zero-order valence-corrected chi connectivity index (χ0v) is 10.9. The third-order valence-corrected chi connectivity index (χ3v) is 3.47. The van der Waals surface area contributed by atoms with Crippen molar-refractivity contribution in [2.45, 2.75) is 9.92 Å². The molecule has 3 aromatic rings. The molecule has 0 aliphatic rings. The van der Waals surface area contributed by atoms with Crippen LogP contribution in [0.1, 0.15) is 0 Å². The molecule has 2 heterocycles. The first kappa shape index (κ1) is 11.8. The van der Waals surface area contributed by atoms with Gasteiger partial charge in [-0.05, 0) is 24.3 Å². The van der Waals surface area contributed by atoms with Gasteiger partial charge in [-0.3, -0.25) is 0 Å². The molecule has 0 unspecified atom stereocenters. The second-order valence-electron chi connectivity index (χ2n) is 3.71. The van der Waals surface area contributed by atoms with Crippen molar-refractivity contribution in [3.63, 3.8) is 0 Å². The summed E-state index contributed by atoms with van der Waals surface area (Å²) in [7, 11) is 1.64. The van der Waals surface area contributed by atoms with Gasteiger partial charge in [0.2, 0.25) is 5.95 Å². The number of methoxy groups -OCH3 is 1. The molecule has 0 atom stereocenters. The average Bonchev–Trinajstić information content (AvgIpc) is 2.88. The molecule has 0 bridgehead atoms. The predicted molar refractivity (Wildman–Crippen MR) is 72.0 cm³/mol. The lowest BCUT2D eigenvalue weighted by Gasteiger charge is -2.04. The van der Waals surface area contributed by atoms with Crippen molar-refractivity contribution in [2.24, 2.45) is 0 Å². The number of fused-ring (bicyclic) bond motifs is 1. The largest absolute Gasteiger partial charge is 0.497 e. The van der Waals surface area contributed by atoms with E-state index in [4.69, 9.17) is 10.5 Å². The van der Waals surface area contributed by atoms with Crippen molar-refractivity contribution in [3.05, 3.63) is 30.6 Å². The Morgan fingerprint density at radius 1 is 1.26 bits per heavy atom. The van der Waals surface area contributed by atoms with Crippen LogP contribution in [0.25, 0.3) is 11.2 Å². The molecule has 7 heteroatoms. The van der Waals surface area contributed by atoms with Gasteiger partial charge in [0.25, 0.3) is 0 Å². The van der Waals surface area contributed by atoms with E-state index in [9.17, 15) is 0 Å². The quantitative estimate of drug-likeness (QED) is 0.708. The number of H-pyrrole nitrogens is 1. The zero-order chi connectivity index (χ0) is 13.2. The minimum absolute atomic E-state index is 0.209. The van der Waals surface area contributed by atoms with Crippen molar-refractivity contribution in [2.75, 3.05) is 12.8 Å². The van der Waals surface area contributed by atoms with Gasteiger partial charge in [0.1, 0.15) is 16.3 Å². The summed E-state index contributed by atoms with van der Waals surface area (Å²) in [5, 5.41) is 0.699. The van der Waals surface area contributed by atoms with Crippen molar-refractivity contribution in [1.82, 2.24) is 19.9 Å². The highest BCUT2D eigenvalue weighted by Crippen LogP contribution is 2.31. The average molecular weight is 272 g/mol. The summed E-state index contributed by atoms with van der Waals surface area (Å²) in [6.07, 6.45) is 2.64. The first-order chi connectivity index (χ1) is 9.26. The number of nitrogens with one attached hydrogen (secondary N) is 1. The van der Waals surface area contributed by atoms with E-state index in [-0.39, 0.29) is 5.95 Å². The maximum atomic E-state index is 5.67. The number of nitrogens with zero attached hydrogens (tertiary/aromatic N) is 3. The lowest BCUT2D eigenvalue weighted by Crippen LogP contribution is -1.96. The number of imidazole rings is 1. The van der Waals surface area contributed by atoms with E-state index in [0.717, 1.165) is 10.6 Å². The highest BCUT2D eigenvalue weighted by molar-refractivity contribution is 7.99. The fourth-order valence-electron chi connectivity index (χ4n) is 1.60. The minimum atomic E-state index is 0.209. The van der Waals surface area contributed by atoms with Gasteiger partial charge in [-0.1, -0.05) is 11.8 Å². The van der Waals surface area contributed by atoms with Gasteiger partial charge in [0.05, 0.1) is 7.11 Å². The number of nitrogens with two attached hydrogens (primary N) is 1. The highest BCUT2D eigenvalue weighted by Gasteiger charge is 2.10. The smallest absolute Gasteiger partial charge is 0.223 e. The van der Waals surface area contributed by atoms with Crippen molar-refractivity contribution < 1.29 is 4.74 Å². The monoisotopic (exact) mass is 272 g/mol. The molecule has 0 amide bonds. The Kier molecular flexibility index (Phi) is 2.96. The van der Waals surface area contributed by atoms with E-state index < -0.39 is 0 Å². The summed E-state index contributed by atoms with van der Waals surface area (Å²) in [5.41, 5.74) is 6.91. The van der Waals surface area contributed by atoms with E-state index in [1.807, 2.05) is 24.3 Å². The van der Waals surface area contributed by atoms with Crippen molar-refractivity contribution in [3.8, 4) is 5.75 Å². The van der Waals surface area contributed by atoms with E-state index in [1.165, 1.54) is 11.8 Å². The van der Waals surface area contributed by atoms with Gasteiger partial charge in [-0.25, -0.2) is 9.97 Å². The molecular weight excluding hydrogens is 262 g/mol. The van der Waals surface area contributed by atoms with E-state index >= 15 is 0 Å². The third-order valence-electron chi connectivity index (χ3n) is 2.49. The molecule has 2 aromatic heterocycles. The summed E-state index contributed by atoms with van der Waals surface area (Å²) in [5.74, 6) is 1.02. The number of hydrogen-bond acceptors (Lipinski definition) is 6. The van der Waals surface area contributed by atoms with Gasteiger partial charge in [-0.2, -0.15) is 4.98 Å². The summed E-state index contributed by atoms with van der Waals surface area (Å²) in [4.78, 5) is 16.2. The number of ether oxygens (including phenoxy) is 1. The summed E-state index contributed by atoms with van der Waals surface area (Å²) < 4.78 is 5.12. The Hall–Kier alpha value is -2.28. The maximum absolute atomic E-state index is 5.67. The third kappa shape index (κ3) is 2.32. The Bertz CT molecular complexity index is 710. The fraction of sp³-hybridized carbons (Fsp3) is 0.0833. The van der Waals surface area contributed by atoms with Crippen molar-refractivity contribution in [1.29, 1.82) is 0 Å². The SMILES string of the molecule is COc1ccc(Sc2nc(N)nc3[nH][c]nc23)cc1. The van der Waals surface area contributed by atoms with Crippen LogP contribution in [0, 0.1) is 6.33 Å². The molecule has 19 heavy (non-hydrogen) atoms. The zero-order valence-electron chi connectivity index (χ0n) is 10.0. The molecule has 1 aromatic carbocycles. The fourth-order valence-corrected chi connectivity index (χ4v) is 2.48. The number of anilines is 1. The molecule has 0 saturated carbocycles. The molecule has 0 saturated heterocycles. The molecule has 1 radical (unpaired) electrons.